The molecule has 0 aliphatic carbocycles. The van der Waals surface area contributed by atoms with Crippen LogP contribution >= 0.6 is 0 Å². The van der Waals surface area contributed by atoms with Crippen molar-refractivity contribution >= 4 is 27.1 Å². The molecule has 0 saturated heterocycles. The topological polar surface area (TPSA) is 66.5 Å². The van der Waals surface area contributed by atoms with Gasteiger partial charge in [0.15, 0.2) is 9.84 Å². The molecule has 3 aromatic rings. The van der Waals surface area contributed by atoms with E-state index in [1.807, 2.05) is 37.3 Å². The van der Waals surface area contributed by atoms with Gasteiger partial charge in [0.05, 0.1) is 10.6 Å². The zero-order valence-corrected chi connectivity index (χ0v) is 18.4. The lowest BCUT2D eigenvalue weighted by Crippen LogP contribution is -2.22. The molecule has 0 radical (unpaired) electrons. The van der Waals surface area contributed by atoms with Gasteiger partial charge in [-0.05, 0) is 48.7 Å². The Labute approximate surface area is 183 Å². The molecule has 5 nitrogen and oxygen atoms in total. The number of rotatable bonds is 7. The van der Waals surface area contributed by atoms with E-state index in [9.17, 15) is 13.2 Å². The first-order valence-electron chi connectivity index (χ1n) is 10.4. The maximum Gasteiger partial charge on any atom is 0.225 e. The molecule has 4 rings (SSSR count). The molecular formula is C25H26N2O3S. The van der Waals surface area contributed by atoms with Gasteiger partial charge in [0, 0.05) is 30.9 Å². The van der Waals surface area contributed by atoms with Crippen LogP contribution in [-0.4, -0.2) is 26.6 Å². The van der Waals surface area contributed by atoms with Crippen LogP contribution in [0.4, 0.5) is 11.4 Å². The second kappa shape index (κ2) is 8.94. The van der Waals surface area contributed by atoms with Crippen LogP contribution < -0.4 is 10.2 Å². The SMILES string of the molecule is Cc1ccc(S(=O)(=O)CCC(=O)Nc2ccccc2CN2CCc3ccccc32)cc1. The van der Waals surface area contributed by atoms with Crippen molar-refractivity contribution in [3.8, 4) is 0 Å². The zero-order chi connectivity index (χ0) is 21.8. The van der Waals surface area contributed by atoms with Crippen molar-refractivity contribution in [3.05, 3.63) is 89.5 Å². The number of hydrogen-bond acceptors (Lipinski definition) is 4. The third-order valence-electron chi connectivity index (χ3n) is 5.61. The van der Waals surface area contributed by atoms with Crippen LogP contribution in [0.3, 0.4) is 0 Å². The van der Waals surface area contributed by atoms with Crippen LogP contribution in [0.15, 0.2) is 77.7 Å². The van der Waals surface area contributed by atoms with Gasteiger partial charge in [-0.15, -0.1) is 0 Å². The number of benzene rings is 3. The van der Waals surface area contributed by atoms with E-state index < -0.39 is 9.84 Å². The second-order valence-corrected chi connectivity index (χ2v) is 10.00. The van der Waals surface area contributed by atoms with Gasteiger partial charge in [-0.2, -0.15) is 0 Å². The molecule has 6 heteroatoms. The summed E-state index contributed by atoms with van der Waals surface area (Å²) in [6, 6.07) is 22.8. The van der Waals surface area contributed by atoms with E-state index in [1.54, 1.807) is 24.3 Å². The molecule has 1 amide bonds. The fourth-order valence-corrected chi connectivity index (χ4v) is 5.10. The molecule has 0 unspecified atom stereocenters. The quantitative estimate of drug-likeness (QED) is 0.600. The van der Waals surface area contributed by atoms with Gasteiger partial charge >= 0.3 is 0 Å². The minimum atomic E-state index is -3.50. The Bertz CT molecular complexity index is 1190. The third kappa shape index (κ3) is 4.97. The summed E-state index contributed by atoms with van der Waals surface area (Å²) < 4.78 is 25.1. The molecule has 0 fully saturated rings. The number of nitrogens with zero attached hydrogens (tertiary/aromatic N) is 1. The van der Waals surface area contributed by atoms with Crippen LogP contribution in [0.25, 0.3) is 0 Å². The highest BCUT2D eigenvalue weighted by atomic mass is 32.2. The Morgan fingerprint density at radius 3 is 2.48 bits per heavy atom. The molecule has 0 bridgehead atoms. The largest absolute Gasteiger partial charge is 0.367 e. The van der Waals surface area contributed by atoms with E-state index in [4.69, 9.17) is 0 Å². The standard InChI is InChI=1S/C25H26N2O3S/c1-19-10-12-22(13-11-19)31(29,30)17-15-25(28)26-23-8-4-2-7-21(23)18-27-16-14-20-6-3-5-9-24(20)27/h2-13H,14-18H2,1H3,(H,26,28). The molecule has 0 atom stereocenters. The fourth-order valence-electron chi connectivity index (χ4n) is 3.86. The first-order chi connectivity index (χ1) is 14.9. The smallest absolute Gasteiger partial charge is 0.225 e. The molecule has 0 saturated carbocycles. The molecule has 1 aliphatic heterocycles. The number of sulfone groups is 1. The van der Waals surface area contributed by atoms with E-state index in [2.05, 4.69) is 28.4 Å². The summed E-state index contributed by atoms with van der Waals surface area (Å²) in [5.74, 6) is -0.520. The van der Waals surface area contributed by atoms with Crippen LogP contribution in [0.2, 0.25) is 0 Å². The highest BCUT2D eigenvalue weighted by Crippen LogP contribution is 2.30. The third-order valence-corrected chi connectivity index (χ3v) is 7.35. The number of fused-ring (bicyclic) bond motifs is 1. The highest BCUT2D eigenvalue weighted by Gasteiger charge is 2.20. The van der Waals surface area contributed by atoms with Crippen LogP contribution in [0.5, 0.6) is 0 Å². The molecule has 31 heavy (non-hydrogen) atoms. The van der Waals surface area contributed by atoms with Gasteiger partial charge < -0.3 is 10.2 Å². The Kier molecular flexibility index (Phi) is 6.09. The molecule has 1 N–H and O–H groups in total. The summed E-state index contributed by atoms with van der Waals surface area (Å²) >= 11 is 0. The van der Waals surface area contributed by atoms with Crippen molar-refractivity contribution in [2.45, 2.75) is 31.2 Å². The van der Waals surface area contributed by atoms with Gasteiger partial charge in [-0.1, -0.05) is 54.1 Å². The predicted molar refractivity (Wildman–Crippen MR) is 124 cm³/mol. The lowest BCUT2D eigenvalue weighted by atomic mass is 10.1. The maximum atomic E-state index is 12.5. The number of para-hydroxylation sites is 2. The minimum Gasteiger partial charge on any atom is -0.367 e. The van der Waals surface area contributed by atoms with Crippen molar-refractivity contribution in [1.29, 1.82) is 0 Å². The summed E-state index contributed by atoms with van der Waals surface area (Å²) in [6.07, 6.45) is 0.929. The lowest BCUT2D eigenvalue weighted by Gasteiger charge is -2.21. The van der Waals surface area contributed by atoms with E-state index in [-0.39, 0.29) is 23.0 Å². The number of hydrogen-bond donors (Lipinski definition) is 1. The van der Waals surface area contributed by atoms with E-state index in [0.717, 1.165) is 29.8 Å². The average Bonchev–Trinajstić information content (AvgIpc) is 3.17. The number of amides is 1. The molecule has 1 heterocycles. The number of carbonyl (C=O) groups excluding carboxylic acids is 1. The Balaban J connectivity index is 1.41. The molecular weight excluding hydrogens is 408 g/mol. The molecule has 0 aromatic heterocycles. The lowest BCUT2D eigenvalue weighted by molar-refractivity contribution is -0.115. The van der Waals surface area contributed by atoms with Gasteiger partial charge in [0.1, 0.15) is 0 Å². The van der Waals surface area contributed by atoms with Crippen molar-refractivity contribution in [2.75, 3.05) is 22.5 Å². The number of nitrogens with one attached hydrogen (secondary N) is 1. The monoisotopic (exact) mass is 434 g/mol. The van der Waals surface area contributed by atoms with E-state index in [1.165, 1.54) is 11.3 Å². The van der Waals surface area contributed by atoms with Gasteiger partial charge in [0.25, 0.3) is 0 Å². The summed E-state index contributed by atoms with van der Waals surface area (Å²) in [7, 11) is -3.50. The molecule has 1 aliphatic rings. The van der Waals surface area contributed by atoms with E-state index in [0.29, 0.717) is 6.54 Å². The first-order valence-corrected chi connectivity index (χ1v) is 12.1. The van der Waals surface area contributed by atoms with Crippen LogP contribution in [0, 0.1) is 6.92 Å². The van der Waals surface area contributed by atoms with Crippen LogP contribution in [-0.2, 0) is 27.6 Å². The minimum absolute atomic E-state index is 0.0862. The van der Waals surface area contributed by atoms with E-state index >= 15 is 0 Å². The van der Waals surface area contributed by atoms with Crippen molar-refractivity contribution in [2.24, 2.45) is 0 Å². The normalized spacial score (nSPS) is 13.1. The van der Waals surface area contributed by atoms with Crippen molar-refractivity contribution in [1.82, 2.24) is 0 Å². The first kappa shape index (κ1) is 21.1. The predicted octanol–water partition coefficient (Wildman–Crippen LogP) is 4.36. The Hall–Kier alpha value is -3.12. The second-order valence-electron chi connectivity index (χ2n) is 7.89. The number of carbonyl (C=O) groups is 1. The van der Waals surface area contributed by atoms with Crippen molar-refractivity contribution < 1.29 is 13.2 Å². The molecule has 3 aromatic carbocycles. The average molecular weight is 435 g/mol. The fraction of sp³-hybridized carbons (Fsp3) is 0.240. The van der Waals surface area contributed by atoms with Crippen LogP contribution in [0.1, 0.15) is 23.1 Å². The number of anilines is 2. The summed E-state index contributed by atoms with van der Waals surface area (Å²) in [5.41, 5.74) is 5.30. The van der Waals surface area contributed by atoms with Gasteiger partial charge in [-0.3, -0.25) is 4.79 Å². The zero-order valence-electron chi connectivity index (χ0n) is 17.5. The summed E-state index contributed by atoms with van der Waals surface area (Å²) in [4.78, 5) is 15.1. The van der Waals surface area contributed by atoms with Gasteiger partial charge in [-0.25, -0.2) is 8.42 Å². The number of aryl methyl sites for hydroxylation is 1. The van der Waals surface area contributed by atoms with Crippen molar-refractivity contribution in [3.63, 3.8) is 0 Å². The summed E-state index contributed by atoms with van der Waals surface area (Å²) in [5, 5.41) is 2.91. The summed E-state index contributed by atoms with van der Waals surface area (Å²) in [6.45, 7) is 3.54. The molecule has 0 spiro atoms. The highest BCUT2D eigenvalue weighted by molar-refractivity contribution is 7.91. The molecule has 160 valence electrons. The maximum absolute atomic E-state index is 12.5. The van der Waals surface area contributed by atoms with Gasteiger partial charge in [0.2, 0.25) is 5.91 Å². The Morgan fingerprint density at radius 2 is 1.68 bits per heavy atom. The Morgan fingerprint density at radius 1 is 0.968 bits per heavy atom.